The van der Waals surface area contributed by atoms with Gasteiger partial charge in [0.15, 0.2) is 6.10 Å². The van der Waals surface area contributed by atoms with Gasteiger partial charge in [0.1, 0.15) is 13.2 Å². The van der Waals surface area contributed by atoms with Crippen molar-refractivity contribution in [3.63, 3.8) is 0 Å². The Balaban J connectivity index is 4.38. The summed E-state index contributed by atoms with van der Waals surface area (Å²) in [6.45, 7) is 6.51. The molecule has 0 heterocycles. The van der Waals surface area contributed by atoms with Crippen LogP contribution < -0.4 is 0 Å². The van der Waals surface area contributed by atoms with Gasteiger partial charge in [0, 0.05) is 19.3 Å². The summed E-state index contributed by atoms with van der Waals surface area (Å²) in [5, 5.41) is 0. The van der Waals surface area contributed by atoms with Crippen molar-refractivity contribution >= 4 is 17.9 Å². The van der Waals surface area contributed by atoms with Crippen molar-refractivity contribution < 1.29 is 28.6 Å². The lowest BCUT2D eigenvalue weighted by molar-refractivity contribution is -0.167. The summed E-state index contributed by atoms with van der Waals surface area (Å²) in [4.78, 5) is 38.3. The third-order valence-electron chi connectivity index (χ3n) is 14.6. The Morgan fingerprint density at radius 3 is 0.823 bits per heavy atom. The first-order valence-corrected chi connectivity index (χ1v) is 33.7. The number of ether oxygens (including phenoxy) is 3. The molecule has 0 amide bonds. The number of unbranched alkanes of at least 4 members (excludes halogenated alkanes) is 34. The van der Waals surface area contributed by atoms with Gasteiger partial charge in [-0.05, 0) is 96.3 Å². The maximum Gasteiger partial charge on any atom is 0.306 e. The molecule has 0 rings (SSSR count). The van der Waals surface area contributed by atoms with Crippen LogP contribution in [0.3, 0.4) is 0 Å². The van der Waals surface area contributed by atoms with E-state index in [-0.39, 0.29) is 37.5 Å². The van der Waals surface area contributed by atoms with Gasteiger partial charge in [-0.1, -0.05) is 311 Å². The van der Waals surface area contributed by atoms with Gasteiger partial charge >= 0.3 is 17.9 Å². The van der Waals surface area contributed by atoms with Gasteiger partial charge < -0.3 is 14.2 Å². The Morgan fingerprint density at radius 1 is 0.266 bits per heavy atom. The smallest absolute Gasteiger partial charge is 0.306 e. The van der Waals surface area contributed by atoms with E-state index in [2.05, 4.69) is 118 Å². The molecule has 0 saturated heterocycles. The lowest BCUT2D eigenvalue weighted by Crippen LogP contribution is -2.30. The van der Waals surface area contributed by atoms with Gasteiger partial charge in [0.25, 0.3) is 0 Å². The summed E-state index contributed by atoms with van der Waals surface area (Å²) in [5.41, 5.74) is 0. The van der Waals surface area contributed by atoms with Crippen molar-refractivity contribution in [1.29, 1.82) is 0 Å². The van der Waals surface area contributed by atoms with Crippen LogP contribution in [0.15, 0.2) is 97.2 Å². The molecule has 0 aromatic rings. The van der Waals surface area contributed by atoms with Gasteiger partial charge in [0.2, 0.25) is 0 Å². The fraction of sp³-hybridized carbons (Fsp3) is 0.740. The van der Waals surface area contributed by atoms with E-state index in [1.54, 1.807) is 0 Å². The van der Waals surface area contributed by atoms with Gasteiger partial charge in [-0.25, -0.2) is 0 Å². The first-order chi connectivity index (χ1) is 39.0. The van der Waals surface area contributed by atoms with Crippen LogP contribution >= 0.6 is 0 Å². The van der Waals surface area contributed by atoms with Crippen LogP contribution in [0.4, 0.5) is 0 Å². The average molecular weight is 1100 g/mol. The van der Waals surface area contributed by atoms with E-state index in [0.29, 0.717) is 19.3 Å². The van der Waals surface area contributed by atoms with Crippen molar-refractivity contribution in [2.75, 3.05) is 13.2 Å². The molecule has 0 aliphatic heterocycles. The molecule has 0 spiro atoms. The average Bonchev–Trinajstić information content (AvgIpc) is 3.45. The van der Waals surface area contributed by atoms with E-state index in [1.165, 1.54) is 193 Å². The predicted molar refractivity (Wildman–Crippen MR) is 344 cm³/mol. The van der Waals surface area contributed by atoms with Crippen LogP contribution in [0, 0.1) is 0 Å². The SMILES string of the molecule is CC/C=C\C/C=C\C/C=C\C/C=C\C/C=C\C/C=C\C/C=C\CCCC(=O)OC(COC(=O)CCCCCCCCCCCCCCC)COC(=O)CCCCCCCCCCCCCCC/C=C\CCCCCCCCCC. The fourth-order valence-corrected chi connectivity index (χ4v) is 9.55. The molecule has 0 aliphatic rings. The molecule has 79 heavy (non-hydrogen) atoms. The van der Waals surface area contributed by atoms with Crippen molar-refractivity contribution in [2.24, 2.45) is 0 Å². The maximum absolute atomic E-state index is 12.9. The molecule has 0 bridgehead atoms. The van der Waals surface area contributed by atoms with Crippen LogP contribution in [0.2, 0.25) is 0 Å². The second kappa shape index (κ2) is 66.8. The Bertz CT molecular complexity index is 1540. The molecule has 6 heteroatoms. The second-order valence-corrected chi connectivity index (χ2v) is 22.4. The normalized spacial score (nSPS) is 12.7. The molecule has 0 fully saturated rings. The molecule has 0 radical (unpaired) electrons. The molecule has 0 aliphatic carbocycles. The summed E-state index contributed by atoms with van der Waals surface area (Å²) in [5.74, 6) is -0.945. The summed E-state index contributed by atoms with van der Waals surface area (Å²) >= 11 is 0. The lowest BCUT2D eigenvalue weighted by atomic mass is 10.0. The summed E-state index contributed by atoms with van der Waals surface area (Å²) < 4.78 is 16.9. The predicted octanol–water partition coefficient (Wildman–Crippen LogP) is 23.2. The van der Waals surface area contributed by atoms with Crippen molar-refractivity contribution in [1.82, 2.24) is 0 Å². The topological polar surface area (TPSA) is 78.9 Å². The number of hydrogen-bond acceptors (Lipinski definition) is 6. The molecule has 454 valence electrons. The maximum atomic E-state index is 12.9. The zero-order valence-corrected chi connectivity index (χ0v) is 52.1. The number of esters is 3. The first-order valence-electron chi connectivity index (χ1n) is 33.7. The highest BCUT2D eigenvalue weighted by atomic mass is 16.6. The third-order valence-corrected chi connectivity index (χ3v) is 14.6. The largest absolute Gasteiger partial charge is 0.462 e. The minimum Gasteiger partial charge on any atom is -0.462 e. The minimum atomic E-state index is -0.808. The van der Waals surface area contributed by atoms with Gasteiger partial charge in [-0.15, -0.1) is 0 Å². The molecule has 6 nitrogen and oxygen atoms in total. The summed E-state index contributed by atoms with van der Waals surface area (Å²) in [7, 11) is 0. The van der Waals surface area contributed by atoms with Crippen LogP contribution in [0.25, 0.3) is 0 Å². The molecular weight excluding hydrogens is 973 g/mol. The Labute approximate surface area is 489 Å². The van der Waals surface area contributed by atoms with E-state index < -0.39 is 6.10 Å². The third kappa shape index (κ3) is 65.0. The molecule has 0 saturated carbocycles. The van der Waals surface area contributed by atoms with Gasteiger partial charge in [-0.3, -0.25) is 14.4 Å². The van der Waals surface area contributed by atoms with E-state index in [1.807, 2.05) is 0 Å². The van der Waals surface area contributed by atoms with E-state index in [4.69, 9.17) is 14.2 Å². The van der Waals surface area contributed by atoms with Crippen LogP contribution in [-0.4, -0.2) is 37.2 Å². The van der Waals surface area contributed by atoms with E-state index >= 15 is 0 Å². The zero-order chi connectivity index (χ0) is 57.1. The molecular formula is C73H126O6. The quantitative estimate of drug-likeness (QED) is 0.0261. The highest BCUT2D eigenvalue weighted by Gasteiger charge is 2.19. The number of carbonyl (C=O) groups excluding carboxylic acids is 3. The highest BCUT2D eigenvalue weighted by Crippen LogP contribution is 2.17. The van der Waals surface area contributed by atoms with Crippen LogP contribution in [-0.2, 0) is 28.6 Å². The van der Waals surface area contributed by atoms with Crippen LogP contribution in [0.1, 0.15) is 329 Å². The molecule has 1 unspecified atom stereocenters. The van der Waals surface area contributed by atoms with Crippen LogP contribution in [0.5, 0.6) is 0 Å². The van der Waals surface area contributed by atoms with Crippen molar-refractivity contribution in [3.05, 3.63) is 97.2 Å². The zero-order valence-electron chi connectivity index (χ0n) is 52.1. The molecule has 0 aromatic heterocycles. The number of hydrogen-bond donors (Lipinski definition) is 0. The second-order valence-electron chi connectivity index (χ2n) is 22.4. The molecule has 1 atom stereocenters. The van der Waals surface area contributed by atoms with Crippen molar-refractivity contribution in [3.8, 4) is 0 Å². The number of carbonyl (C=O) groups is 3. The number of rotatable bonds is 61. The molecule has 0 N–H and O–H groups in total. The fourth-order valence-electron chi connectivity index (χ4n) is 9.55. The van der Waals surface area contributed by atoms with Gasteiger partial charge in [0.05, 0.1) is 0 Å². The van der Waals surface area contributed by atoms with Gasteiger partial charge in [-0.2, -0.15) is 0 Å². The van der Waals surface area contributed by atoms with E-state index in [0.717, 1.165) is 89.9 Å². The van der Waals surface area contributed by atoms with E-state index in [9.17, 15) is 14.4 Å². The Kier molecular flexibility index (Phi) is 63.7. The standard InChI is InChI=1S/C73H126O6/c1-4-7-10-13-16-19-22-25-27-29-31-33-35-36-38-39-41-43-45-48-51-54-57-60-63-66-72(75)78-69-70(68-77-71(74)65-62-59-56-53-50-47-24-21-18-15-12-9-6-3)79-73(76)67-64-61-58-55-52-49-46-44-42-40-37-34-32-30-28-26-23-20-17-14-11-8-5-2/h8,11,17,20,26,28-29,31-32,34,40,42,46,49,55,58,70H,4-7,9-10,12-16,18-19,21-25,27,30,33,35-39,41,43-45,47-48,50-54,56-57,59-69H2,1-3H3/b11-8-,20-17-,28-26-,31-29-,34-32-,42-40-,49-46-,58-55-. The van der Waals surface area contributed by atoms with Crippen molar-refractivity contribution in [2.45, 2.75) is 335 Å². The monoisotopic (exact) mass is 1100 g/mol. The highest BCUT2D eigenvalue weighted by molar-refractivity contribution is 5.71. The lowest BCUT2D eigenvalue weighted by Gasteiger charge is -2.18. The Morgan fingerprint density at radius 2 is 0.506 bits per heavy atom. The molecule has 0 aromatic carbocycles. The Hall–Kier alpha value is -3.67. The first kappa shape index (κ1) is 75.3. The number of allylic oxidation sites excluding steroid dienone is 16. The minimum absolute atomic E-state index is 0.0977. The summed E-state index contributed by atoms with van der Waals surface area (Å²) in [6.07, 6.45) is 90.0. The summed E-state index contributed by atoms with van der Waals surface area (Å²) in [6, 6.07) is 0.